The molecule has 1 N–H and O–H groups in total. The molecule has 0 spiro atoms. The van der Waals surface area contributed by atoms with E-state index in [4.69, 9.17) is 5.11 Å². The van der Waals surface area contributed by atoms with Gasteiger partial charge in [-0.15, -0.1) is 0 Å². The lowest BCUT2D eigenvalue weighted by Gasteiger charge is -2.09. The SMILES string of the molecule is C=CC1=CCCC=C1/C=C(\C)O. The average molecular weight is 162 g/mol. The molecule has 0 fully saturated rings. The zero-order valence-corrected chi connectivity index (χ0v) is 7.38. The van der Waals surface area contributed by atoms with Gasteiger partial charge >= 0.3 is 0 Å². The van der Waals surface area contributed by atoms with E-state index in [1.807, 2.05) is 6.08 Å². The second kappa shape index (κ2) is 3.96. The zero-order valence-electron chi connectivity index (χ0n) is 7.38. The van der Waals surface area contributed by atoms with Gasteiger partial charge in [-0.2, -0.15) is 0 Å². The summed E-state index contributed by atoms with van der Waals surface area (Å²) >= 11 is 0. The Hall–Kier alpha value is -1.24. The van der Waals surface area contributed by atoms with Gasteiger partial charge in [-0.05, 0) is 37.0 Å². The largest absolute Gasteiger partial charge is 0.513 e. The smallest absolute Gasteiger partial charge is 0.0897 e. The summed E-state index contributed by atoms with van der Waals surface area (Å²) < 4.78 is 0. The summed E-state index contributed by atoms with van der Waals surface area (Å²) in [6, 6.07) is 0. The van der Waals surface area contributed by atoms with E-state index in [0.29, 0.717) is 5.76 Å². The first-order valence-corrected chi connectivity index (χ1v) is 4.14. The van der Waals surface area contributed by atoms with Crippen LogP contribution in [0.5, 0.6) is 0 Å². The lowest BCUT2D eigenvalue weighted by molar-refractivity contribution is 0.414. The van der Waals surface area contributed by atoms with E-state index in [9.17, 15) is 0 Å². The molecule has 1 aliphatic carbocycles. The molecule has 64 valence electrons. The molecular weight excluding hydrogens is 148 g/mol. The van der Waals surface area contributed by atoms with Crippen molar-refractivity contribution in [3.05, 3.63) is 47.8 Å². The summed E-state index contributed by atoms with van der Waals surface area (Å²) in [6.07, 6.45) is 9.98. The minimum absolute atomic E-state index is 0.343. The summed E-state index contributed by atoms with van der Waals surface area (Å²) in [6.45, 7) is 5.40. The third kappa shape index (κ3) is 2.12. The van der Waals surface area contributed by atoms with Crippen molar-refractivity contribution in [1.29, 1.82) is 0 Å². The van der Waals surface area contributed by atoms with E-state index in [0.717, 1.165) is 24.0 Å². The van der Waals surface area contributed by atoms with Gasteiger partial charge in [0.25, 0.3) is 0 Å². The Morgan fingerprint density at radius 2 is 2.00 bits per heavy atom. The first-order valence-electron chi connectivity index (χ1n) is 4.14. The van der Waals surface area contributed by atoms with Gasteiger partial charge in [-0.1, -0.05) is 24.8 Å². The van der Waals surface area contributed by atoms with Crippen molar-refractivity contribution in [3.63, 3.8) is 0 Å². The number of hydrogen-bond donors (Lipinski definition) is 1. The van der Waals surface area contributed by atoms with Crippen LogP contribution in [0.25, 0.3) is 0 Å². The third-order valence-electron chi connectivity index (χ3n) is 1.81. The van der Waals surface area contributed by atoms with E-state index < -0.39 is 0 Å². The first-order chi connectivity index (χ1) is 5.74. The Morgan fingerprint density at radius 3 is 2.50 bits per heavy atom. The van der Waals surface area contributed by atoms with Crippen LogP contribution in [0.15, 0.2) is 47.8 Å². The molecule has 0 amide bonds. The van der Waals surface area contributed by atoms with Crippen LogP contribution in [0.4, 0.5) is 0 Å². The molecular formula is C11H14O. The van der Waals surface area contributed by atoms with Gasteiger partial charge in [0.05, 0.1) is 5.76 Å². The Balaban J connectivity index is 2.88. The number of hydrogen-bond acceptors (Lipinski definition) is 1. The van der Waals surface area contributed by atoms with Gasteiger partial charge in [0.15, 0.2) is 0 Å². The molecule has 0 radical (unpaired) electrons. The highest BCUT2D eigenvalue weighted by atomic mass is 16.3. The topological polar surface area (TPSA) is 20.2 Å². The van der Waals surface area contributed by atoms with E-state index in [1.165, 1.54) is 0 Å². The molecule has 0 atom stereocenters. The third-order valence-corrected chi connectivity index (χ3v) is 1.81. The van der Waals surface area contributed by atoms with Gasteiger partial charge in [0.2, 0.25) is 0 Å². The maximum atomic E-state index is 9.08. The number of aliphatic hydroxyl groups excluding tert-OH is 1. The van der Waals surface area contributed by atoms with E-state index in [-0.39, 0.29) is 0 Å². The Labute approximate surface area is 73.4 Å². The van der Waals surface area contributed by atoms with Crippen molar-refractivity contribution in [2.24, 2.45) is 0 Å². The molecule has 1 rings (SSSR count). The van der Waals surface area contributed by atoms with Crippen molar-refractivity contribution < 1.29 is 5.11 Å². The van der Waals surface area contributed by atoms with Gasteiger partial charge in [-0.3, -0.25) is 0 Å². The predicted molar refractivity (Wildman–Crippen MR) is 52.0 cm³/mol. The fourth-order valence-electron chi connectivity index (χ4n) is 1.28. The lowest BCUT2D eigenvalue weighted by atomic mass is 9.97. The molecule has 0 aromatic heterocycles. The second-order valence-electron chi connectivity index (χ2n) is 2.89. The molecule has 1 heteroatoms. The molecule has 0 aliphatic heterocycles. The normalized spacial score (nSPS) is 18.2. The molecule has 0 aromatic rings. The highest BCUT2D eigenvalue weighted by Gasteiger charge is 2.02. The molecule has 0 bridgehead atoms. The van der Waals surface area contributed by atoms with Crippen molar-refractivity contribution in [1.82, 2.24) is 0 Å². The van der Waals surface area contributed by atoms with E-state index in [1.54, 1.807) is 13.0 Å². The summed E-state index contributed by atoms with van der Waals surface area (Å²) in [5, 5.41) is 9.08. The summed E-state index contributed by atoms with van der Waals surface area (Å²) in [5.41, 5.74) is 2.20. The lowest BCUT2D eigenvalue weighted by Crippen LogP contribution is -1.90. The van der Waals surface area contributed by atoms with Gasteiger partial charge < -0.3 is 5.11 Å². The van der Waals surface area contributed by atoms with Crippen molar-refractivity contribution >= 4 is 0 Å². The molecule has 0 aromatic carbocycles. The fourth-order valence-corrected chi connectivity index (χ4v) is 1.28. The van der Waals surface area contributed by atoms with Crippen LogP contribution in [0, 0.1) is 0 Å². The average Bonchev–Trinajstić information content (AvgIpc) is 2.04. The quantitative estimate of drug-likeness (QED) is 0.618. The molecule has 1 aliphatic rings. The van der Waals surface area contributed by atoms with E-state index in [2.05, 4.69) is 18.7 Å². The highest BCUT2D eigenvalue weighted by molar-refractivity contribution is 5.47. The molecule has 0 heterocycles. The maximum Gasteiger partial charge on any atom is 0.0897 e. The Morgan fingerprint density at radius 1 is 1.42 bits per heavy atom. The van der Waals surface area contributed by atoms with Gasteiger partial charge in [0.1, 0.15) is 0 Å². The summed E-state index contributed by atoms with van der Waals surface area (Å²) in [5.74, 6) is 0.343. The minimum Gasteiger partial charge on any atom is -0.513 e. The number of allylic oxidation sites excluding steroid dienone is 7. The fraction of sp³-hybridized carbons (Fsp3) is 0.273. The van der Waals surface area contributed by atoms with Crippen LogP contribution in [0.2, 0.25) is 0 Å². The Bertz CT molecular complexity index is 263. The molecule has 0 saturated heterocycles. The second-order valence-corrected chi connectivity index (χ2v) is 2.89. The monoisotopic (exact) mass is 162 g/mol. The molecule has 0 saturated carbocycles. The molecule has 1 nitrogen and oxygen atoms in total. The van der Waals surface area contributed by atoms with Gasteiger partial charge in [-0.25, -0.2) is 0 Å². The number of rotatable bonds is 2. The van der Waals surface area contributed by atoms with Crippen LogP contribution in [0.3, 0.4) is 0 Å². The Kier molecular flexibility index (Phi) is 2.92. The predicted octanol–water partition coefficient (Wildman–Crippen LogP) is 3.28. The van der Waals surface area contributed by atoms with Crippen molar-refractivity contribution in [2.45, 2.75) is 19.8 Å². The molecule has 12 heavy (non-hydrogen) atoms. The maximum absolute atomic E-state index is 9.08. The minimum atomic E-state index is 0.343. The standard InChI is InChI=1S/C11H14O/c1-3-10-6-4-5-7-11(10)8-9(2)12/h3,6-8,12H,1,4-5H2,2H3/b9-8+. The highest BCUT2D eigenvalue weighted by Crippen LogP contribution is 2.21. The zero-order chi connectivity index (χ0) is 8.97. The molecule has 0 unspecified atom stereocenters. The summed E-state index contributed by atoms with van der Waals surface area (Å²) in [7, 11) is 0. The summed E-state index contributed by atoms with van der Waals surface area (Å²) in [4.78, 5) is 0. The van der Waals surface area contributed by atoms with Crippen LogP contribution in [0.1, 0.15) is 19.8 Å². The van der Waals surface area contributed by atoms with Gasteiger partial charge in [0, 0.05) is 0 Å². The van der Waals surface area contributed by atoms with Crippen LogP contribution < -0.4 is 0 Å². The van der Waals surface area contributed by atoms with Crippen LogP contribution in [-0.2, 0) is 0 Å². The van der Waals surface area contributed by atoms with E-state index >= 15 is 0 Å². The first kappa shape index (κ1) is 8.85. The van der Waals surface area contributed by atoms with Crippen molar-refractivity contribution in [2.75, 3.05) is 0 Å². The van der Waals surface area contributed by atoms with Crippen LogP contribution >= 0.6 is 0 Å². The van der Waals surface area contributed by atoms with Crippen molar-refractivity contribution in [3.8, 4) is 0 Å². The number of aliphatic hydroxyl groups is 1. The van der Waals surface area contributed by atoms with Crippen LogP contribution in [-0.4, -0.2) is 5.11 Å².